The SMILES string of the molecule is CNc1cc(C(=O)Nc2cnccc2C)ccc1[N+](=O)[O-]. The van der Waals surface area contributed by atoms with Crippen LogP contribution in [0.5, 0.6) is 0 Å². The second kappa shape index (κ2) is 6.00. The molecule has 0 bridgehead atoms. The molecule has 1 heterocycles. The first-order valence-corrected chi connectivity index (χ1v) is 6.21. The molecule has 7 nitrogen and oxygen atoms in total. The van der Waals surface area contributed by atoms with Gasteiger partial charge in [-0.25, -0.2) is 0 Å². The maximum Gasteiger partial charge on any atom is 0.292 e. The van der Waals surface area contributed by atoms with Gasteiger partial charge in [0.25, 0.3) is 11.6 Å². The molecule has 21 heavy (non-hydrogen) atoms. The highest BCUT2D eigenvalue weighted by Gasteiger charge is 2.16. The molecule has 0 aliphatic rings. The van der Waals surface area contributed by atoms with E-state index in [4.69, 9.17) is 0 Å². The third-order valence-electron chi connectivity index (χ3n) is 3.01. The van der Waals surface area contributed by atoms with Gasteiger partial charge in [-0.2, -0.15) is 0 Å². The Morgan fingerprint density at radius 1 is 1.29 bits per heavy atom. The molecule has 0 unspecified atom stereocenters. The summed E-state index contributed by atoms with van der Waals surface area (Å²) in [6, 6.07) is 5.94. The summed E-state index contributed by atoms with van der Waals surface area (Å²) in [6.07, 6.45) is 3.19. The summed E-state index contributed by atoms with van der Waals surface area (Å²) < 4.78 is 0. The Morgan fingerprint density at radius 3 is 2.67 bits per heavy atom. The van der Waals surface area contributed by atoms with Crippen LogP contribution in [-0.4, -0.2) is 22.9 Å². The maximum absolute atomic E-state index is 12.2. The number of benzene rings is 1. The zero-order chi connectivity index (χ0) is 15.4. The molecule has 0 saturated carbocycles. The summed E-state index contributed by atoms with van der Waals surface area (Å²) in [6.45, 7) is 1.85. The molecular weight excluding hydrogens is 272 g/mol. The topological polar surface area (TPSA) is 97.2 Å². The average molecular weight is 286 g/mol. The molecule has 1 aromatic heterocycles. The van der Waals surface area contributed by atoms with E-state index in [2.05, 4.69) is 15.6 Å². The summed E-state index contributed by atoms with van der Waals surface area (Å²) in [5.41, 5.74) is 2.02. The fourth-order valence-electron chi connectivity index (χ4n) is 1.83. The van der Waals surface area contributed by atoms with Crippen molar-refractivity contribution in [2.45, 2.75) is 6.92 Å². The van der Waals surface area contributed by atoms with E-state index in [1.165, 1.54) is 18.2 Å². The zero-order valence-corrected chi connectivity index (χ0v) is 11.6. The molecule has 0 radical (unpaired) electrons. The molecule has 0 spiro atoms. The standard InChI is InChI=1S/C14H14N4O3/c1-9-5-6-16-8-12(9)17-14(19)10-3-4-13(18(20)21)11(7-10)15-2/h3-8,15H,1-2H3,(H,17,19). The molecular formula is C14H14N4O3. The average Bonchev–Trinajstić information content (AvgIpc) is 2.48. The van der Waals surface area contributed by atoms with Gasteiger partial charge in [0, 0.05) is 24.9 Å². The van der Waals surface area contributed by atoms with E-state index >= 15 is 0 Å². The minimum atomic E-state index is -0.501. The van der Waals surface area contributed by atoms with Gasteiger partial charge in [0.15, 0.2) is 0 Å². The lowest BCUT2D eigenvalue weighted by atomic mass is 10.1. The first kappa shape index (κ1) is 14.4. The van der Waals surface area contributed by atoms with Gasteiger partial charge in [-0.1, -0.05) is 0 Å². The molecule has 2 rings (SSSR count). The molecule has 108 valence electrons. The summed E-state index contributed by atoms with van der Waals surface area (Å²) in [5, 5.41) is 16.3. The van der Waals surface area contributed by atoms with Crippen LogP contribution in [0.25, 0.3) is 0 Å². The number of amides is 1. The van der Waals surface area contributed by atoms with Gasteiger partial charge < -0.3 is 10.6 Å². The first-order chi connectivity index (χ1) is 10.0. The van der Waals surface area contributed by atoms with E-state index < -0.39 is 4.92 Å². The second-order valence-electron chi connectivity index (χ2n) is 4.38. The van der Waals surface area contributed by atoms with Crippen LogP contribution in [0, 0.1) is 17.0 Å². The van der Waals surface area contributed by atoms with E-state index in [1.54, 1.807) is 25.5 Å². The Hall–Kier alpha value is -2.96. The Kier molecular flexibility index (Phi) is 4.13. The molecule has 2 aromatic rings. The van der Waals surface area contributed by atoms with Gasteiger partial charge in [0.05, 0.1) is 16.8 Å². The quantitative estimate of drug-likeness (QED) is 0.665. The number of rotatable bonds is 4. The molecule has 0 aliphatic heterocycles. The number of carbonyl (C=O) groups excluding carboxylic acids is 1. The minimum Gasteiger partial charge on any atom is -0.383 e. The predicted octanol–water partition coefficient (Wildman–Crippen LogP) is 2.59. The van der Waals surface area contributed by atoms with E-state index in [-0.39, 0.29) is 17.3 Å². The van der Waals surface area contributed by atoms with Crippen molar-refractivity contribution >= 4 is 23.0 Å². The predicted molar refractivity (Wildman–Crippen MR) is 79.6 cm³/mol. The van der Waals surface area contributed by atoms with Crippen LogP contribution >= 0.6 is 0 Å². The number of nitrogens with one attached hydrogen (secondary N) is 2. The van der Waals surface area contributed by atoms with Crippen LogP contribution in [0.4, 0.5) is 17.1 Å². The van der Waals surface area contributed by atoms with Crippen molar-refractivity contribution in [3.05, 3.63) is 57.9 Å². The van der Waals surface area contributed by atoms with E-state index in [0.29, 0.717) is 11.3 Å². The Bertz CT molecular complexity index is 700. The molecule has 1 amide bonds. The van der Waals surface area contributed by atoms with Crippen molar-refractivity contribution in [1.82, 2.24) is 4.98 Å². The number of hydrogen-bond acceptors (Lipinski definition) is 5. The molecule has 7 heteroatoms. The third kappa shape index (κ3) is 3.14. The van der Waals surface area contributed by atoms with Gasteiger partial charge in [-0.05, 0) is 30.7 Å². The molecule has 0 aliphatic carbocycles. The van der Waals surface area contributed by atoms with Crippen LogP contribution in [0.15, 0.2) is 36.7 Å². The number of aromatic nitrogens is 1. The van der Waals surface area contributed by atoms with Crippen LogP contribution in [0.2, 0.25) is 0 Å². The Balaban J connectivity index is 2.28. The number of aryl methyl sites for hydroxylation is 1. The molecule has 0 atom stereocenters. The van der Waals surface area contributed by atoms with Crippen LogP contribution in [0.1, 0.15) is 15.9 Å². The maximum atomic E-state index is 12.2. The second-order valence-corrected chi connectivity index (χ2v) is 4.38. The smallest absolute Gasteiger partial charge is 0.292 e. The number of anilines is 2. The lowest BCUT2D eigenvalue weighted by molar-refractivity contribution is -0.383. The third-order valence-corrected chi connectivity index (χ3v) is 3.01. The fraction of sp³-hybridized carbons (Fsp3) is 0.143. The molecule has 1 aromatic carbocycles. The minimum absolute atomic E-state index is 0.0772. The molecule has 0 fully saturated rings. The lowest BCUT2D eigenvalue weighted by Gasteiger charge is -2.09. The number of nitro benzene ring substituents is 1. The largest absolute Gasteiger partial charge is 0.383 e. The van der Waals surface area contributed by atoms with Gasteiger partial charge in [-0.15, -0.1) is 0 Å². The molecule has 2 N–H and O–H groups in total. The molecule has 0 saturated heterocycles. The highest BCUT2D eigenvalue weighted by molar-refractivity contribution is 6.05. The fourth-order valence-corrected chi connectivity index (χ4v) is 1.83. The van der Waals surface area contributed by atoms with Crippen LogP contribution in [-0.2, 0) is 0 Å². The van der Waals surface area contributed by atoms with Crippen LogP contribution < -0.4 is 10.6 Å². The van der Waals surface area contributed by atoms with Crippen molar-refractivity contribution in [1.29, 1.82) is 0 Å². The summed E-state index contributed by atoms with van der Waals surface area (Å²) >= 11 is 0. The highest BCUT2D eigenvalue weighted by atomic mass is 16.6. The highest BCUT2D eigenvalue weighted by Crippen LogP contribution is 2.25. The van der Waals surface area contributed by atoms with Gasteiger partial charge in [-0.3, -0.25) is 19.9 Å². The lowest BCUT2D eigenvalue weighted by Crippen LogP contribution is -2.13. The van der Waals surface area contributed by atoms with Gasteiger partial charge in [0.2, 0.25) is 0 Å². The van der Waals surface area contributed by atoms with Gasteiger partial charge in [0.1, 0.15) is 5.69 Å². The van der Waals surface area contributed by atoms with Crippen molar-refractivity contribution in [3.8, 4) is 0 Å². The number of hydrogen-bond donors (Lipinski definition) is 2. The van der Waals surface area contributed by atoms with Gasteiger partial charge >= 0.3 is 0 Å². The summed E-state index contributed by atoms with van der Waals surface area (Å²) in [5.74, 6) is -0.350. The van der Waals surface area contributed by atoms with Crippen molar-refractivity contribution in [2.75, 3.05) is 17.7 Å². The zero-order valence-electron chi connectivity index (χ0n) is 11.6. The number of carbonyl (C=O) groups is 1. The van der Waals surface area contributed by atoms with E-state index in [0.717, 1.165) is 5.56 Å². The van der Waals surface area contributed by atoms with Crippen molar-refractivity contribution in [3.63, 3.8) is 0 Å². The number of nitro groups is 1. The number of pyridine rings is 1. The van der Waals surface area contributed by atoms with E-state index in [9.17, 15) is 14.9 Å². The number of nitrogens with zero attached hydrogens (tertiary/aromatic N) is 2. The first-order valence-electron chi connectivity index (χ1n) is 6.21. The Labute approximate surface area is 121 Å². The monoisotopic (exact) mass is 286 g/mol. The summed E-state index contributed by atoms with van der Waals surface area (Å²) in [7, 11) is 1.56. The summed E-state index contributed by atoms with van der Waals surface area (Å²) in [4.78, 5) is 26.5. The van der Waals surface area contributed by atoms with Crippen molar-refractivity contribution in [2.24, 2.45) is 0 Å². The van der Waals surface area contributed by atoms with Crippen LogP contribution in [0.3, 0.4) is 0 Å². The normalized spacial score (nSPS) is 10.0. The van der Waals surface area contributed by atoms with Crippen molar-refractivity contribution < 1.29 is 9.72 Å². The Morgan fingerprint density at radius 2 is 2.05 bits per heavy atom. The van der Waals surface area contributed by atoms with E-state index in [1.807, 2.05) is 6.92 Å².